The first-order valence-corrected chi connectivity index (χ1v) is 12.2. The molecule has 0 atom stereocenters. The summed E-state index contributed by atoms with van der Waals surface area (Å²) in [5.74, 6) is -2.26. The van der Waals surface area contributed by atoms with E-state index >= 15 is 0 Å². The molecule has 6 rings (SSSR count). The standard InChI is InChI=1S/C25H21F3N8O4/c26-25(27,28)24(38)39-13-21(37)34-4-1-15(2-5-34)36-12-14(8-33-36)17-9-32-23(29)22-16(17)7-19(40-22)18-10-31-20-11-30-3-6-35(18)20/h3,6-12,15H,1-2,4-5,13H2,(H2,29,32). The normalized spacial score (nSPS) is 14.7. The number of rotatable bonds is 5. The molecule has 0 spiro atoms. The van der Waals surface area contributed by atoms with Crippen LogP contribution in [0, 0.1) is 0 Å². The predicted octanol–water partition coefficient (Wildman–Crippen LogP) is 3.25. The highest BCUT2D eigenvalue weighted by atomic mass is 19.4. The van der Waals surface area contributed by atoms with E-state index in [9.17, 15) is 22.8 Å². The molecule has 12 nitrogen and oxygen atoms in total. The van der Waals surface area contributed by atoms with E-state index in [1.54, 1.807) is 41.9 Å². The highest BCUT2D eigenvalue weighted by molar-refractivity contribution is 6.00. The second kappa shape index (κ2) is 9.66. The number of pyridine rings is 1. The number of hydrogen-bond acceptors (Lipinski definition) is 9. The summed E-state index contributed by atoms with van der Waals surface area (Å²) in [5, 5.41) is 5.26. The number of imidazole rings is 1. The summed E-state index contributed by atoms with van der Waals surface area (Å²) >= 11 is 0. The number of amides is 1. The number of halogens is 3. The SMILES string of the molecule is Nc1ncc(-c2cnn(C3CCN(C(=O)COC(=O)C(F)(F)F)CC3)c2)c2cc(-c3cnc4cnccn34)oc12. The van der Waals surface area contributed by atoms with Crippen LogP contribution in [-0.2, 0) is 14.3 Å². The fourth-order valence-corrected chi connectivity index (χ4v) is 4.78. The van der Waals surface area contributed by atoms with E-state index in [-0.39, 0.29) is 24.9 Å². The van der Waals surface area contributed by atoms with Crippen molar-refractivity contribution < 1.29 is 31.9 Å². The number of esters is 1. The first kappa shape index (κ1) is 25.3. The summed E-state index contributed by atoms with van der Waals surface area (Å²) in [7, 11) is 0. The van der Waals surface area contributed by atoms with E-state index in [4.69, 9.17) is 10.2 Å². The lowest BCUT2D eigenvalue weighted by Crippen LogP contribution is -2.42. The number of alkyl halides is 3. The Morgan fingerprint density at radius 1 is 1.12 bits per heavy atom. The number of nitrogens with zero attached hydrogens (tertiary/aromatic N) is 7. The number of nitrogens with two attached hydrogens (primary N) is 1. The summed E-state index contributed by atoms with van der Waals surface area (Å²) < 4.78 is 50.7. The van der Waals surface area contributed by atoms with Crippen molar-refractivity contribution in [3.8, 4) is 22.6 Å². The lowest BCUT2D eigenvalue weighted by atomic mass is 10.0. The number of anilines is 1. The zero-order chi connectivity index (χ0) is 28.0. The molecular formula is C25H21F3N8O4. The van der Waals surface area contributed by atoms with Gasteiger partial charge in [0.1, 0.15) is 5.69 Å². The highest BCUT2D eigenvalue weighted by Crippen LogP contribution is 2.37. The fraction of sp³-hybridized carbons (Fsp3) is 0.280. The van der Waals surface area contributed by atoms with E-state index < -0.39 is 24.7 Å². The van der Waals surface area contributed by atoms with Crippen LogP contribution in [0.25, 0.3) is 39.2 Å². The second-order valence-electron chi connectivity index (χ2n) is 9.25. The van der Waals surface area contributed by atoms with Crippen molar-refractivity contribution in [3.63, 3.8) is 0 Å². The Kier molecular flexibility index (Phi) is 6.12. The zero-order valence-electron chi connectivity index (χ0n) is 20.7. The van der Waals surface area contributed by atoms with Crippen LogP contribution >= 0.6 is 0 Å². The average Bonchev–Trinajstić information content (AvgIpc) is 3.70. The van der Waals surface area contributed by atoms with Gasteiger partial charge in [0.15, 0.2) is 29.4 Å². The van der Waals surface area contributed by atoms with Gasteiger partial charge < -0.3 is 19.8 Å². The van der Waals surface area contributed by atoms with E-state index in [0.29, 0.717) is 29.8 Å². The van der Waals surface area contributed by atoms with Gasteiger partial charge in [-0.15, -0.1) is 0 Å². The van der Waals surface area contributed by atoms with Crippen molar-refractivity contribution in [3.05, 3.63) is 49.4 Å². The Hall–Kier alpha value is -4.95. The molecule has 1 aliphatic heterocycles. The van der Waals surface area contributed by atoms with Gasteiger partial charge in [0, 0.05) is 54.4 Å². The molecule has 2 N–H and O–H groups in total. The Morgan fingerprint density at radius 2 is 1.93 bits per heavy atom. The van der Waals surface area contributed by atoms with Crippen LogP contribution in [0.1, 0.15) is 18.9 Å². The van der Waals surface area contributed by atoms with Crippen LogP contribution in [0.15, 0.2) is 53.9 Å². The Bertz CT molecular complexity index is 1730. The number of likely N-dealkylation sites (tertiary alicyclic amines) is 1. The minimum atomic E-state index is -5.14. The van der Waals surface area contributed by atoms with E-state index in [2.05, 4.69) is 24.8 Å². The third kappa shape index (κ3) is 4.58. The number of piperidine rings is 1. The van der Waals surface area contributed by atoms with Gasteiger partial charge in [-0.3, -0.25) is 18.9 Å². The molecule has 15 heteroatoms. The van der Waals surface area contributed by atoms with Crippen molar-refractivity contribution >= 4 is 34.3 Å². The van der Waals surface area contributed by atoms with E-state index in [0.717, 1.165) is 22.2 Å². The van der Waals surface area contributed by atoms with Crippen LogP contribution in [0.3, 0.4) is 0 Å². The van der Waals surface area contributed by atoms with Crippen LogP contribution in [0.2, 0.25) is 0 Å². The molecule has 0 aliphatic carbocycles. The van der Waals surface area contributed by atoms with Gasteiger partial charge in [-0.1, -0.05) is 0 Å². The zero-order valence-corrected chi connectivity index (χ0v) is 20.7. The quantitative estimate of drug-likeness (QED) is 0.323. The van der Waals surface area contributed by atoms with Gasteiger partial charge in [0.2, 0.25) is 0 Å². The third-order valence-corrected chi connectivity index (χ3v) is 6.82. The number of fused-ring (bicyclic) bond motifs is 2. The smallest absolute Gasteiger partial charge is 0.451 e. The average molecular weight is 554 g/mol. The molecule has 5 aromatic heterocycles. The maximum absolute atomic E-state index is 12.3. The maximum Gasteiger partial charge on any atom is 0.490 e. The summed E-state index contributed by atoms with van der Waals surface area (Å²) in [4.78, 5) is 37.2. The van der Waals surface area contributed by atoms with Crippen molar-refractivity contribution in [2.24, 2.45) is 0 Å². The van der Waals surface area contributed by atoms with E-state index in [1.807, 2.05) is 16.7 Å². The number of furan rings is 1. The molecule has 5 aromatic rings. The van der Waals surface area contributed by atoms with Gasteiger partial charge in [-0.05, 0) is 18.9 Å². The molecule has 0 radical (unpaired) electrons. The summed E-state index contributed by atoms with van der Waals surface area (Å²) in [6.07, 6.45) is 7.90. The van der Waals surface area contributed by atoms with E-state index in [1.165, 1.54) is 4.90 Å². The number of aromatic nitrogens is 6. The minimum absolute atomic E-state index is 0.0422. The molecule has 206 valence electrons. The fourth-order valence-electron chi connectivity index (χ4n) is 4.78. The first-order chi connectivity index (χ1) is 19.2. The van der Waals surface area contributed by atoms with Crippen LogP contribution < -0.4 is 5.73 Å². The Morgan fingerprint density at radius 3 is 2.70 bits per heavy atom. The number of hydrogen-bond donors (Lipinski definition) is 1. The topological polar surface area (TPSA) is 147 Å². The molecular weight excluding hydrogens is 533 g/mol. The summed E-state index contributed by atoms with van der Waals surface area (Å²) in [6.45, 7) is -0.376. The molecule has 0 unspecified atom stereocenters. The summed E-state index contributed by atoms with van der Waals surface area (Å²) in [5.41, 5.74) is 9.50. The highest BCUT2D eigenvalue weighted by Gasteiger charge is 2.41. The number of ether oxygens (including phenoxy) is 1. The molecule has 1 fully saturated rings. The van der Waals surface area contributed by atoms with Crippen LogP contribution in [0.4, 0.5) is 19.0 Å². The number of nitrogen functional groups attached to an aromatic ring is 1. The summed E-state index contributed by atoms with van der Waals surface area (Å²) in [6, 6.07) is 1.83. The molecule has 1 aliphatic rings. The van der Waals surface area contributed by atoms with Gasteiger partial charge >= 0.3 is 12.1 Å². The largest absolute Gasteiger partial charge is 0.490 e. The first-order valence-electron chi connectivity index (χ1n) is 12.2. The molecule has 0 aromatic carbocycles. The molecule has 6 heterocycles. The Balaban J connectivity index is 1.18. The minimum Gasteiger partial charge on any atom is -0.451 e. The molecule has 1 amide bonds. The van der Waals surface area contributed by atoms with Gasteiger partial charge in [0.25, 0.3) is 5.91 Å². The van der Waals surface area contributed by atoms with Gasteiger partial charge in [-0.25, -0.2) is 14.8 Å². The maximum atomic E-state index is 12.3. The van der Waals surface area contributed by atoms with Crippen molar-refractivity contribution in [2.75, 3.05) is 25.4 Å². The van der Waals surface area contributed by atoms with Crippen molar-refractivity contribution in [1.82, 2.24) is 34.0 Å². The number of carbonyl (C=O) groups is 2. The number of carbonyl (C=O) groups excluding carboxylic acids is 2. The Labute approximate surface area is 223 Å². The second-order valence-corrected chi connectivity index (χ2v) is 9.25. The van der Waals surface area contributed by atoms with Crippen LogP contribution in [-0.4, -0.2) is 71.8 Å². The molecule has 1 saturated heterocycles. The van der Waals surface area contributed by atoms with Crippen LogP contribution in [0.5, 0.6) is 0 Å². The predicted molar refractivity (Wildman–Crippen MR) is 133 cm³/mol. The van der Waals surface area contributed by atoms with Crippen molar-refractivity contribution in [1.29, 1.82) is 0 Å². The lowest BCUT2D eigenvalue weighted by molar-refractivity contribution is -0.200. The van der Waals surface area contributed by atoms with Crippen molar-refractivity contribution in [2.45, 2.75) is 25.1 Å². The van der Waals surface area contributed by atoms with Gasteiger partial charge in [-0.2, -0.15) is 18.3 Å². The lowest BCUT2D eigenvalue weighted by Gasteiger charge is -2.32. The monoisotopic (exact) mass is 554 g/mol. The third-order valence-electron chi connectivity index (χ3n) is 6.82. The molecule has 0 saturated carbocycles. The molecule has 40 heavy (non-hydrogen) atoms. The molecule has 0 bridgehead atoms. The van der Waals surface area contributed by atoms with Gasteiger partial charge in [0.05, 0.1) is 24.6 Å².